The summed E-state index contributed by atoms with van der Waals surface area (Å²) in [6.07, 6.45) is 2.29. The van der Waals surface area contributed by atoms with Crippen LogP contribution < -0.4 is 0 Å². The molecule has 0 unspecified atom stereocenters. The Labute approximate surface area is 125 Å². The van der Waals surface area contributed by atoms with E-state index < -0.39 is 0 Å². The average Bonchev–Trinajstić information content (AvgIpc) is 2.80. The van der Waals surface area contributed by atoms with E-state index in [0.29, 0.717) is 29.4 Å². The van der Waals surface area contributed by atoms with E-state index >= 15 is 0 Å². The summed E-state index contributed by atoms with van der Waals surface area (Å²) >= 11 is 3.26. The van der Waals surface area contributed by atoms with E-state index in [9.17, 15) is 9.18 Å². The fraction of sp³-hybridized carbons (Fsp3) is 0.333. The highest BCUT2D eigenvalue weighted by molar-refractivity contribution is 9.10. The Morgan fingerprint density at radius 3 is 2.70 bits per heavy atom. The van der Waals surface area contributed by atoms with Crippen LogP contribution in [0.2, 0.25) is 0 Å². The molecule has 0 aliphatic carbocycles. The van der Waals surface area contributed by atoms with E-state index in [-0.39, 0.29) is 5.82 Å². The van der Waals surface area contributed by atoms with Crippen molar-refractivity contribution in [3.8, 4) is 0 Å². The number of hydrogen-bond donors (Lipinski definition) is 0. The van der Waals surface area contributed by atoms with Gasteiger partial charge in [0.1, 0.15) is 5.82 Å². The molecule has 0 N–H and O–H groups in total. The van der Waals surface area contributed by atoms with Crippen LogP contribution in [0.5, 0.6) is 0 Å². The minimum atomic E-state index is -0.293. The van der Waals surface area contributed by atoms with Crippen molar-refractivity contribution in [1.82, 2.24) is 9.78 Å². The van der Waals surface area contributed by atoms with E-state index in [1.54, 1.807) is 10.7 Å². The fourth-order valence-corrected chi connectivity index (χ4v) is 2.69. The van der Waals surface area contributed by atoms with E-state index in [1.807, 2.05) is 19.9 Å². The van der Waals surface area contributed by atoms with Crippen molar-refractivity contribution in [1.29, 1.82) is 0 Å². The van der Waals surface area contributed by atoms with Crippen molar-refractivity contribution >= 4 is 22.2 Å². The van der Waals surface area contributed by atoms with Gasteiger partial charge in [0.25, 0.3) is 0 Å². The number of aryl methyl sites for hydroxylation is 1. The van der Waals surface area contributed by atoms with Crippen LogP contribution in [0.4, 0.5) is 4.39 Å². The van der Waals surface area contributed by atoms with Crippen molar-refractivity contribution < 1.29 is 9.18 Å². The van der Waals surface area contributed by atoms with Crippen LogP contribution in [0.25, 0.3) is 0 Å². The predicted octanol–water partition coefficient (Wildman–Crippen LogP) is 3.77. The summed E-state index contributed by atoms with van der Waals surface area (Å²) < 4.78 is 15.8. The highest BCUT2D eigenvalue weighted by Crippen LogP contribution is 2.23. The fourth-order valence-electron chi connectivity index (χ4n) is 2.30. The smallest absolute Gasteiger partial charge is 0.153 e. The van der Waals surface area contributed by atoms with Gasteiger partial charge in [0, 0.05) is 5.69 Å². The highest BCUT2D eigenvalue weighted by Gasteiger charge is 2.16. The molecule has 0 bridgehead atoms. The zero-order valence-corrected chi connectivity index (χ0v) is 13.1. The van der Waals surface area contributed by atoms with Gasteiger partial charge in [0.15, 0.2) is 6.29 Å². The summed E-state index contributed by atoms with van der Waals surface area (Å²) in [6, 6.07) is 4.93. The van der Waals surface area contributed by atoms with Gasteiger partial charge in [0.05, 0.1) is 22.3 Å². The Hall–Kier alpha value is -1.49. The van der Waals surface area contributed by atoms with Gasteiger partial charge in [-0.15, -0.1) is 0 Å². The van der Waals surface area contributed by atoms with Crippen molar-refractivity contribution in [2.75, 3.05) is 0 Å². The molecule has 0 aliphatic rings. The molecule has 3 nitrogen and oxygen atoms in total. The van der Waals surface area contributed by atoms with Gasteiger partial charge >= 0.3 is 0 Å². The zero-order chi connectivity index (χ0) is 14.7. The Kier molecular flexibility index (Phi) is 4.70. The molecule has 0 fully saturated rings. The van der Waals surface area contributed by atoms with Crippen LogP contribution in [0.15, 0.2) is 22.7 Å². The Morgan fingerprint density at radius 2 is 2.10 bits per heavy atom. The standard InChI is InChI=1S/C15H16BrFN2O/c1-3-13-11(9-20)14(4-2)19(18-13)8-10-6-5-7-12(17)15(10)16/h5-7,9H,3-4,8H2,1-2H3. The minimum absolute atomic E-state index is 0.293. The SMILES string of the molecule is CCc1nn(Cc2cccc(F)c2Br)c(CC)c1C=O. The number of aldehydes is 1. The topological polar surface area (TPSA) is 34.9 Å². The second-order valence-corrected chi connectivity index (χ2v) is 5.30. The lowest BCUT2D eigenvalue weighted by atomic mass is 10.1. The molecule has 1 aromatic heterocycles. The maximum absolute atomic E-state index is 13.5. The number of hydrogen-bond acceptors (Lipinski definition) is 2. The summed E-state index contributed by atoms with van der Waals surface area (Å²) in [5.41, 5.74) is 3.17. The molecule has 5 heteroatoms. The first kappa shape index (κ1) is 14.9. The average molecular weight is 339 g/mol. The van der Waals surface area contributed by atoms with E-state index in [0.717, 1.165) is 23.2 Å². The van der Waals surface area contributed by atoms with E-state index in [1.165, 1.54) is 6.07 Å². The largest absolute Gasteiger partial charge is 0.298 e. The first-order valence-corrected chi connectivity index (χ1v) is 7.38. The third-order valence-electron chi connectivity index (χ3n) is 3.31. The van der Waals surface area contributed by atoms with Crippen LogP contribution >= 0.6 is 15.9 Å². The summed E-state index contributed by atoms with van der Waals surface area (Å²) in [6.45, 7) is 4.40. The van der Waals surface area contributed by atoms with Crippen LogP contribution in [0.3, 0.4) is 0 Å². The highest BCUT2D eigenvalue weighted by atomic mass is 79.9. The Morgan fingerprint density at radius 1 is 1.35 bits per heavy atom. The van der Waals surface area contributed by atoms with Gasteiger partial charge in [0.2, 0.25) is 0 Å². The second-order valence-electron chi connectivity index (χ2n) is 4.50. The van der Waals surface area contributed by atoms with Crippen LogP contribution in [-0.2, 0) is 19.4 Å². The second kappa shape index (κ2) is 6.31. The number of nitrogens with zero attached hydrogens (tertiary/aromatic N) is 2. The molecule has 0 saturated carbocycles. The minimum Gasteiger partial charge on any atom is -0.298 e. The molecule has 2 rings (SSSR count). The third kappa shape index (κ3) is 2.68. The van der Waals surface area contributed by atoms with Crippen molar-refractivity contribution in [3.05, 3.63) is 51.0 Å². The number of carbonyl (C=O) groups is 1. The van der Waals surface area contributed by atoms with Crippen LogP contribution in [-0.4, -0.2) is 16.1 Å². The van der Waals surface area contributed by atoms with Crippen molar-refractivity contribution in [2.45, 2.75) is 33.2 Å². The molecular weight excluding hydrogens is 323 g/mol. The van der Waals surface area contributed by atoms with Gasteiger partial charge in [-0.05, 0) is 40.4 Å². The summed E-state index contributed by atoms with van der Waals surface area (Å²) in [7, 11) is 0. The Balaban J connectivity index is 2.45. The molecule has 106 valence electrons. The van der Waals surface area contributed by atoms with Crippen molar-refractivity contribution in [3.63, 3.8) is 0 Å². The lowest BCUT2D eigenvalue weighted by molar-refractivity contribution is 0.112. The van der Waals surface area contributed by atoms with Crippen LogP contribution in [0, 0.1) is 5.82 Å². The molecule has 1 aromatic carbocycles. The van der Waals surface area contributed by atoms with E-state index in [2.05, 4.69) is 21.0 Å². The zero-order valence-electron chi connectivity index (χ0n) is 11.5. The van der Waals surface area contributed by atoms with Gasteiger partial charge < -0.3 is 0 Å². The van der Waals surface area contributed by atoms with Gasteiger partial charge in [-0.1, -0.05) is 26.0 Å². The first-order chi connectivity index (χ1) is 9.62. The monoisotopic (exact) mass is 338 g/mol. The quantitative estimate of drug-likeness (QED) is 0.778. The molecule has 2 aromatic rings. The number of rotatable bonds is 5. The predicted molar refractivity (Wildman–Crippen MR) is 79.6 cm³/mol. The molecule has 0 aliphatic heterocycles. The lowest BCUT2D eigenvalue weighted by Gasteiger charge is -2.08. The molecule has 0 saturated heterocycles. The molecule has 0 spiro atoms. The molecule has 20 heavy (non-hydrogen) atoms. The van der Waals surface area contributed by atoms with Gasteiger partial charge in [-0.2, -0.15) is 5.10 Å². The molecule has 1 heterocycles. The molecule has 0 radical (unpaired) electrons. The maximum Gasteiger partial charge on any atom is 0.153 e. The number of aromatic nitrogens is 2. The summed E-state index contributed by atoms with van der Waals surface area (Å²) in [5.74, 6) is -0.293. The number of benzene rings is 1. The summed E-state index contributed by atoms with van der Waals surface area (Å²) in [4.78, 5) is 11.2. The number of carbonyl (C=O) groups excluding carboxylic acids is 1. The molecule has 0 atom stereocenters. The maximum atomic E-state index is 13.5. The first-order valence-electron chi connectivity index (χ1n) is 6.58. The molecule has 0 amide bonds. The third-order valence-corrected chi connectivity index (χ3v) is 4.20. The number of halogens is 2. The van der Waals surface area contributed by atoms with Crippen LogP contribution in [0.1, 0.15) is 41.2 Å². The summed E-state index contributed by atoms with van der Waals surface area (Å²) in [5, 5.41) is 4.48. The van der Waals surface area contributed by atoms with Crippen molar-refractivity contribution in [2.24, 2.45) is 0 Å². The normalized spacial score (nSPS) is 10.8. The van der Waals surface area contributed by atoms with Gasteiger partial charge in [-0.25, -0.2) is 4.39 Å². The van der Waals surface area contributed by atoms with E-state index in [4.69, 9.17) is 0 Å². The lowest BCUT2D eigenvalue weighted by Crippen LogP contribution is -2.07. The van der Waals surface area contributed by atoms with Gasteiger partial charge in [-0.3, -0.25) is 9.48 Å². The Bertz CT molecular complexity index is 637. The molecular formula is C15H16BrFN2O.